The standard InChI is InChI=1S/C12H13BrN2O6/c1-21-9-3-2-6(13)4-7(9)14-12(20)15-8(11(18)19)5-10(16)17/h2-4,8H,5H2,1H3,(H,16,17)(H,18,19)(H2,14,15,20)/t8-/m0/s1. The van der Waals surface area contributed by atoms with E-state index in [-0.39, 0.29) is 0 Å². The zero-order chi connectivity index (χ0) is 16.0. The molecule has 0 aliphatic carbocycles. The molecule has 0 spiro atoms. The summed E-state index contributed by atoms with van der Waals surface area (Å²) < 4.78 is 5.72. The van der Waals surface area contributed by atoms with E-state index < -0.39 is 30.4 Å². The minimum Gasteiger partial charge on any atom is -0.495 e. The molecule has 1 aromatic rings. The lowest BCUT2D eigenvalue weighted by molar-refractivity contribution is -0.145. The fraction of sp³-hybridized carbons (Fsp3) is 0.250. The highest BCUT2D eigenvalue weighted by atomic mass is 79.9. The number of anilines is 1. The Labute approximate surface area is 128 Å². The molecule has 0 fully saturated rings. The molecule has 2 amide bonds. The number of carboxylic acid groups (broad SMARTS) is 2. The number of halogens is 1. The molecule has 0 radical (unpaired) electrons. The van der Waals surface area contributed by atoms with Gasteiger partial charge in [-0.1, -0.05) is 15.9 Å². The Balaban J connectivity index is 2.78. The van der Waals surface area contributed by atoms with Gasteiger partial charge in [0.25, 0.3) is 0 Å². The Morgan fingerprint density at radius 3 is 2.52 bits per heavy atom. The van der Waals surface area contributed by atoms with Crippen molar-refractivity contribution in [1.29, 1.82) is 0 Å². The smallest absolute Gasteiger partial charge is 0.326 e. The molecule has 1 aromatic carbocycles. The Bertz CT molecular complexity index is 563. The van der Waals surface area contributed by atoms with Crippen LogP contribution in [0.25, 0.3) is 0 Å². The summed E-state index contributed by atoms with van der Waals surface area (Å²) in [6, 6.07) is 2.49. The maximum Gasteiger partial charge on any atom is 0.326 e. The number of carbonyl (C=O) groups is 3. The predicted octanol–water partition coefficient (Wildman–Crippen LogP) is 1.51. The second-order valence-electron chi connectivity index (χ2n) is 3.93. The molecule has 0 saturated carbocycles. The molecule has 21 heavy (non-hydrogen) atoms. The summed E-state index contributed by atoms with van der Waals surface area (Å²) in [6.45, 7) is 0. The third-order valence-corrected chi connectivity index (χ3v) is 2.89. The molecule has 9 heteroatoms. The molecule has 0 aliphatic rings. The van der Waals surface area contributed by atoms with Gasteiger partial charge in [-0.05, 0) is 18.2 Å². The summed E-state index contributed by atoms with van der Waals surface area (Å²) in [5.74, 6) is -2.39. The van der Waals surface area contributed by atoms with Crippen LogP contribution in [0.4, 0.5) is 10.5 Å². The van der Waals surface area contributed by atoms with E-state index >= 15 is 0 Å². The number of carbonyl (C=O) groups excluding carboxylic acids is 1. The highest BCUT2D eigenvalue weighted by molar-refractivity contribution is 9.10. The minimum absolute atomic E-state index is 0.309. The van der Waals surface area contributed by atoms with Crippen LogP contribution in [-0.4, -0.2) is 41.3 Å². The first-order chi connectivity index (χ1) is 9.83. The molecular formula is C12H13BrN2O6. The largest absolute Gasteiger partial charge is 0.495 e. The third-order valence-electron chi connectivity index (χ3n) is 2.39. The van der Waals surface area contributed by atoms with Gasteiger partial charge in [0, 0.05) is 4.47 Å². The fourth-order valence-electron chi connectivity index (χ4n) is 1.47. The predicted molar refractivity (Wildman–Crippen MR) is 76.5 cm³/mol. The van der Waals surface area contributed by atoms with Crippen LogP contribution >= 0.6 is 15.9 Å². The monoisotopic (exact) mass is 360 g/mol. The van der Waals surface area contributed by atoms with Crippen molar-refractivity contribution >= 4 is 39.6 Å². The highest BCUT2D eigenvalue weighted by Crippen LogP contribution is 2.27. The molecule has 4 N–H and O–H groups in total. The van der Waals surface area contributed by atoms with Crippen LogP contribution in [0.5, 0.6) is 5.75 Å². The molecule has 8 nitrogen and oxygen atoms in total. The van der Waals surface area contributed by atoms with Gasteiger partial charge in [-0.3, -0.25) is 4.79 Å². The Morgan fingerprint density at radius 1 is 1.33 bits per heavy atom. The third kappa shape index (κ3) is 5.30. The van der Waals surface area contributed by atoms with Crippen molar-refractivity contribution in [2.24, 2.45) is 0 Å². The van der Waals surface area contributed by atoms with Gasteiger partial charge in [-0.15, -0.1) is 0 Å². The zero-order valence-corrected chi connectivity index (χ0v) is 12.5. The molecule has 0 aliphatic heterocycles. The molecule has 1 atom stereocenters. The second-order valence-corrected chi connectivity index (χ2v) is 4.85. The van der Waals surface area contributed by atoms with Crippen molar-refractivity contribution < 1.29 is 29.3 Å². The van der Waals surface area contributed by atoms with Gasteiger partial charge in [0.15, 0.2) is 0 Å². The second kappa shape index (κ2) is 7.48. The molecule has 0 bridgehead atoms. The first kappa shape index (κ1) is 16.8. The van der Waals surface area contributed by atoms with Crippen LogP contribution in [-0.2, 0) is 9.59 Å². The highest BCUT2D eigenvalue weighted by Gasteiger charge is 2.23. The molecule has 0 unspecified atom stereocenters. The Kier molecular flexibility index (Phi) is 5.97. The number of nitrogens with one attached hydrogen (secondary N) is 2. The minimum atomic E-state index is -1.53. The number of aliphatic carboxylic acids is 2. The maximum atomic E-state index is 11.7. The lowest BCUT2D eigenvalue weighted by atomic mass is 10.2. The van der Waals surface area contributed by atoms with Crippen LogP contribution in [0.15, 0.2) is 22.7 Å². The summed E-state index contributed by atoms with van der Waals surface area (Å²) in [5.41, 5.74) is 0.309. The quantitative estimate of drug-likeness (QED) is 0.609. The summed E-state index contributed by atoms with van der Waals surface area (Å²) in [4.78, 5) is 33.1. The fourth-order valence-corrected chi connectivity index (χ4v) is 1.83. The van der Waals surface area contributed by atoms with Crippen molar-refractivity contribution in [3.05, 3.63) is 22.7 Å². The maximum absolute atomic E-state index is 11.7. The number of urea groups is 1. The number of methoxy groups -OCH3 is 1. The lowest BCUT2D eigenvalue weighted by Gasteiger charge is -2.15. The first-order valence-electron chi connectivity index (χ1n) is 5.69. The van der Waals surface area contributed by atoms with Crippen LogP contribution in [0.2, 0.25) is 0 Å². The molecule has 0 saturated heterocycles. The van der Waals surface area contributed by atoms with E-state index in [0.29, 0.717) is 15.9 Å². The van der Waals surface area contributed by atoms with Gasteiger partial charge in [0.1, 0.15) is 11.8 Å². The number of ether oxygens (including phenoxy) is 1. The van der Waals surface area contributed by atoms with Gasteiger partial charge in [0.05, 0.1) is 19.2 Å². The SMILES string of the molecule is COc1ccc(Br)cc1NC(=O)N[C@@H](CC(=O)O)C(=O)O. The number of rotatable bonds is 6. The van der Waals surface area contributed by atoms with Crippen LogP contribution < -0.4 is 15.4 Å². The molecular weight excluding hydrogens is 348 g/mol. The van der Waals surface area contributed by atoms with E-state index in [2.05, 4.69) is 26.6 Å². The van der Waals surface area contributed by atoms with Crippen molar-refractivity contribution in [3.63, 3.8) is 0 Å². The summed E-state index contributed by atoms with van der Waals surface area (Å²) in [6.07, 6.45) is -0.724. The summed E-state index contributed by atoms with van der Waals surface area (Å²) in [7, 11) is 1.41. The van der Waals surface area contributed by atoms with Crippen LogP contribution in [0.3, 0.4) is 0 Å². The Morgan fingerprint density at radius 2 is 2.00 bits per heavy atom. The average Bonchev–Trinajstić information content (AvgIpc) is 2.37. The average molecular weight is 361 g/mol. The van der Waals surface area contributed by atoms with Crippen molar-refractivity contribution in [2.75, 3.05) is 12.4 Å². The number of hydrogen-bond donors (Lipinski definition) is 4. The normalized spacial score (nSPS) is 11.3. The van der Waals surface area contributed by atoms with Gasteiger partial charge < -0.3 is 25.6 Å². The van der Waals surface area contributed by atoms with E-state index in [1.807, 2.05) is 0 Å². The van der Waals surface area contributed by atoms with Crippen molar-refractivity contribution in [2.45, 2.75) is 12.5 Å². The van der Waals surface area contributed by atoms with Crippen molar-refractivity contribution in [1.82, 2.24) is 5.32 Å². The molecule has 0 heterocycles. The van der Waals surface area contributed by atoms with Crippen molar-refractivity contribution in [3.8, 4) is 5.75 Å². The van der Waals surface area contributed by atoms with Gasteiger partial charge in [-0.25, -0.2) is 9.59 Å². The molecule has 1 rings (SSSR count). The van der Waals surface area contributed by atoms with E-state index in [4.69, 9.17) is 14.9 Å². The van der Waals surface area contributed by atoms with Gasteiger partial charge in [0.2, 0.25) is 0 Å². The van der Waals surface area contributed by atoms with E-state index in [9.17, 15) is 14.4 Å². The van der Waals surface area contributed by atoms with E-state index in [1.54, 1.807) is 18.2 Å². The Hall–Kier alpha value is -2.29. The van der Waals surface area contributed by atoms with E-state index in [0.717, 1.165) is 0 Å². The van der Waals surface area contributed by atoms with E-state index in [1.165, 1.54) is 7.11 Å². The molecule has 0 aromatic heterocycles. The molecule has 114 valence electrons. The van der Waals surface area contributed by atoms with Crippen LogP contribution in [0.1, 0.15) is 6.42 Å². The number of benzene rings is 1. The summed E-state index contributed by atoms with van der Waals surface area (Å²) >= 11 is 3.22. The number of carboxylic acids is 2. The number of amides is 2. The lowest BCUT2D eigenvalue weighted by Crippen LogP contribution is -2.44. The topological polar surface area (TPSA) is 125 Å². The van der Waals surface area contributed by atoms with Crippen LogP contribution in [0, 0.1) is 0 Å². The number of hydrogen-bond acceptors (Lipinski definition) is 4. The first-order valence-corrected chi connectivity index (χ1v) is 6.48. The van der Waals surface area contributed by atoms with Gasteiger partial charge in [-0.2, -0.15) is 0 Å². The zero-order valence-electron chi connectivity index (χ0n) is 10.9. The van der Waals surface area contributed by atoms with Gasteiger partial charge >= 0.3 is 18.0 Å². The summed E-state index contributed by atoms with van der Waals surface area (Å²) in [5, 5.41) is 21.9.